The smallest absolute Gasteiger partial charge is 0.159 e. The number of ketones is 1. The summed E-state index contributed by atoms with van der Waals surface area (Å²) in [5.41, 5.74) is 0.412. The third kappa shape index (κ3) is 2.09. The number of hydrogen-bond acceptors (Lipinski definition) is 1. The van der Waals surface area contributed by atoms with Gasteiger partial charge in [-0.3, -0.25) is 4.79 Å². The van der Waals surface area contributed by atoms with Crippen LogP contribution in [-0.4, -0.2) is 5.78 Å². The molecule has 58 valence electrons. The summed E-state index contributed by atoms with van der Waals surface area (Å²) >= 11 is 0. The Hall–Kier alpha value is -0.750. The maximum Gasteiger partial charge on any atom is 0.159 e. The highest BCUT2D eigenvalue weighted by atomic mass is 31.0. The van der Waals surface area contributed by atoms with Gasteiger partial charge in [-0.05, 0) is 30.4 Å². The first-order chi connectivity index (χ1) is 5.09. The molecular weight excluding hydrogens is 162 g/mol. The molecule has 11 heavy (non-hydrogen) atoms. The van der Waals surface area contributed by atoms with Gasteiger partial charge in [0.1, 0.15) is 5.82 Å². The molecule has 1 aromatic rings. The minimum Gasteiger partial charge on any atom is -0.295 e. The minimum atomic E-state index is -0.372. The van der Waals surface area contributed by atoms with Crippen molar-refractivity contribution in [2.24, 2.45) is 0 Å². The van der Waals surface area contributed by atoms with E-state index in [1.165, 1.54) is 19.1 Å². The molecule has 0 saturated heterocycles. The number of hydrogen-bond donors (Lipinski definition) is 0. The Morgan fingerprint density at radius 2 is 2.09 bits per heavy atom. The molecule has 0 aliphatic heterocycles. The van der Waals surface area contributed by atoms with E-state index in [4.69, 9.17) is 0 Å². The average molecular weight is 170 g/mol. The van der Waals surface area contributed by atoms with Crippen LogP contribution >= 0.6 is 9.24 Å². The first kappa shape index (κ1) is 8.35. The van der Waals surface area contributed by atoms with E-state index >= 15 is 0 Å². The Labute approximate surface area is 66.8 Å². The minimum absolute atomic E-state index is 0.117. The number of halogens is 1. The van der Waals surface area contributed by atoms with Crippen molar-refractivity contribution in [3.05, 3.63) is 29.6 Å². The second kappa shape index (κ2) is 3.10. The first-order valence-electron chi connectivity index (χ1n) is 3.16. The van der Waals surface area contributed by atoms with Gasteiger partial charge in [0.2, 0.25) is 0 Å². The van der Waals surface area contributed by atoms with E-state index in [0.29, 0.717) is 10.9 Å². The van der Waals surface area contributed by atoms with E-state index in [1.807, 2.05) is 0 Å². The molecule has 0 radical (unpaired) electrons. The van der Waals surface area contributed by atoms with E-state index in [-0.39, 0.29) is 11.6 Å². The molecule has 3 heteroatoms. The topological polar surface area (TPSA) is 17.1 Å². The van der Waals surface area contributed by atoms with Crippen LogP contribution in [0.3, 0.4) is 0 Å². The zero-order chi connectivity index (χ0) is 8.43. The molecule has 1 unspecified atom stereocenters. The molecule has 0 heterocycles. The van der Waals surface area contributed by atoms with Crippen molar-refractivity contribution in [2.45, 2.75) is 6.92 Å². The lowest BCUT2D eigenvalue weighted by Gasteiger charge is -1.97. The lowest BCUT2D eigenvalue weighted by Crippen LogP contribution is -2.00. The molecule has 0 aromatic heterocycles. The lowest BCUT2D eigenvalue weighted by molar-refractivity contribution is 0.101. The Balaban J connectivity index is 3.19. The van der Waals surface area contributed by atoms with Gasteiger partial charge in [-0.15, -0.1) is 9.24 Å². The molecule has 0 aliphatic carbocycles. The van der Waals surface area contributed by atoms with E-state index in [0.717, 1.165) is 0 Å². The highest BCUT2D eigenvalue weighted by molar-refractivity contribution is 7.27. The van der Waals surface area contributed by atoms with Crippen molar-refractivity contribution >= 4 is 20.3 Å². The molecule has 0 aliphatic rings. The second-order valence-electron chi connectivity index (χ2n) is 2.33. The predicted molar refractivity (Wildman–Crippen MR) is 45.7 cm³/mol. The van der Waals surface area contributed by atoms with E-state index in [9.17, 15) is 9.18 Å². The predicted octanol–water partition coefficient (Wildman–Crippen LogP) is 1.53. The summed E-state index contributed by atoms with van der Waals surface area (Å²) < 4.78 is 12.6. The average Bonchev–Trinajstić information content (AvgIpc) is 1.85. The van der Waals surface area contributed by atoms with E-state index in [2.05, 4.69) is 9.24 Å². The Morgan fingerprint density at radius 1 is 1.45 bits per heavy atom. The Bertz CT molecular complexity index is 276. The molecule has 0 spiro atoms. The third-order valence-corrected chi connectivity index (χ3v) is 1.66. The molecule has 0 saturated carbocycles. The molecular formula is C8H8FOP. The van der Waals surface area contributed by atoms with Crippen LogP contribution in [0.1, 0.15) is 17.3 Å². The monoisotopic (exact) mass is 170 g/mol. The van der Waals surface area contributed by atoms with Gasteiger partial charge in [0.05, 0.1) is 0 Å². The molecule has 0 bridgehead atoms. The van der Waals surface area contributed by atoms with Gasteiger partial charge in [-0.1, -0.05) is 0 Å². The van der Waals surface area contributed by atoms with Gasteiger partial charge >= 0.3 is 0 Å². The first-order valence-corrected chi connectivity index (χ1v) is 3.74. The standard InChI is InChI=1S/C8H8FOP/c1-5(10)6-2-7(9)4-8(11)3-6/h2-4H,11H2,1H3. The fourth-order valence-corrected chi connectivity index (χ4v) is 1.15. The van der Waals surface area contributed by atoms with Crippen LogP contribution in [0.25, 0.3) is 0 Å². The molecule has 1 nitrogen and oxygen atoms in total. The van der Waals surface area contributed by atoms with Crippen LogP contribution in [0.2, 0.25) is 0 Å². The van der Waals surface area contributed by atoms with Gasteiger partial charge in [0.15, 0.2) is 5.78 Å². The van der Waals surface area contributed by atoms with Gasteiger partial charge < -0.3 is 0 Å². The lowest BCUT2D eigenvalue weighted by atomic mass is 10.1. The van der Waals surface area contributed by atoms with Crippen molar-refractivity contribution in [1.29, 1.82) is 0 Å². The molecule has 0 amide bonds. The highest BCUT2D eigenvalue weighted by Crippen LogP contribution is 2.04. The van der Waals surface area contributed by atoms with Crippen LogP contribution in [0.15, 0.2) is 18.2 Å². The summed E-state index contributed by atoms with van der Waals surface area (Å²) in [6, 6.07) is 4.23. The van der Waals surface area contributed by atoms with Crippen LogP contribution in [0.4, 0.5) is 4.39 Å². The molecule has 0 fully saturated rings. The number of carbonyl (C=O) groups excluding carboxylic acids is 1. The van der Waals surface area contributed by atoms with E-state index in [1.54, 1.807) is 6.07 Å². The fourth-order valence-electron chi connectivity index (χ4n) is 0.816. The molecule has 1 aromatic carbocycles. The maximum absolute atomic E-state index is 12.6. The Kier molecular flexibility index (Phi) is 2.35. The SMILES string of the molecule is CC(=O)c1cc(F)cc(P)c1. The highest BCUT2D eigenvalue weighted by Gasteiger charge is 2.01. The number of benzene rings is 1. The van der Waals surface area contributed by atoms with Crippen molar-refractivity contribution < 1.29 is 9.18 Å². The zero-order valence-electron chi connectivity index (χ0n) is 6.10. The summed E-state index contributed by atoms with van der Waals surface area (Å²) in [6.45, 7) is 1.42. The van der Waals surface area contributed by atoms with Crippen LogP contribution in [0.5, 0.6) is 0 Å². The molecule has 1 rings (SSSR count). The summed E-state index contributed by atoms with van der Waals surface area (Å²) in [5.74, 6) is -0.490. The van der Waals surface area contributed by atoms with Crippen molar-refractivity contribution in [3.63, 3.8) is 0 Å². The van der Waals surface area contributed by atoms with Crippen LogP contribution < -0.4 is 5.30 Å². The van der Waals surface area contributed by atoms with Gasteiger partial charge in [0, 0.05) is 5.56 Å². The number of Topliss-reactive ketones (excluding diaryl/α,β-unsaturated/α-hetero) is 1. The largest absolute Gasteiger partial charge is 0.295 e. The number of carbonyl (C=O) groups is 1. The summed E-state index contributed by atoms with van der Waals surface area (Å²) in [7, 11) is 2.35. The summed E-state index contributed by atoms with van der Waals surface area (Å²) in [5, 5.41) is 0.690. The quantitative estimate of drug-likeness (QED) is 0.461. The Morgan fingerprint density at radius 3 is 2.55 bits per heavy atom. The summed E-state index contributed by atoms with van der Waals surface area (Å²) in [4.78, 5) is 10.8. The van der Waals surface area contributed by atoms with Crippen molar-refractivity contribution in [3.8, 4) is 0 Å². The van der Waals surface area contributed by atoms with Gasteiger partial charge in [-0.25, -0.2) is 4.39 Å². The molecule has 0 N–H and O–H groups in total. The van der Waals surface area contributed by atoms with Crippen LogP contribution in [0, 0.1) is 5.82 Å². The van der Waals surface area contributed by atoms with Crippen molar-refractivity contribution in [1.82, 2.24) is 0 Å². The normalized spacial score (nSPS) is 9.73. The van der Waals surface area contributed by atoms with Gasteiger partial charge in [0.25, 0.3) is 0 Å². The van der Waals surface area contributed by atoms with Gasteiger partial charge in [-0.2, -0.15) is 0 Å². The second-order valence-corrected chi connectivity index (χ2v) is 3.00. The zero-order valence-corrected chi connectivity index (χ0v) is 7.25. The fraction of sp³-hybridized carbons (Fsp3) is 0.125. The van der Waals surface area contributed by atoms with Crippen LogP contribution in [-0.2, 0) is 0 Å². The third-order valence-electron chi connectivity index (χ3n) is 1.33. The maximum atomic E-state index is 12.6. The summed E-state index contributed by atoms with van der Waals surface area (Å²) in [6.07, 6.45) is 0. The van der Waals surface area contributed by atoms with E-state index < -0.39 is 0 Å². The number of rotatable bonds is 1. The molecule has 1 atom stereocenters. The van der Waals surface area contributed by atoms with Crippen molar-refractivity contribution in [2.75, 3.05) is 0 Å².